The van der Waals surface area contributed by atoms with E-state index in [1.807, 2.05) is 13.8 Å². The number of carbonyl (C=O) groups is 1. The molecule has 0 aliphatic rings. The Hall–Kier alpha value is -0.830. The zero-order chi connectivity index (χ0) is 9.56. The van der Waals surface area contributed by atoms with Crippen molar-refractivity contribution in [2.24, 2.45) is 0 Å². The molecule has 0 aliphatic heterocycles. The summed E-state index contributed by atoms with van der Waals surface area (Å²) >= 11 is 0. The van der Waals surface area contributed by atoms with Crippen LogP contribution >= 0.6 is 0 Å². The van der Waals surface area contributed by atoms with Gasteiger partial charge < -0.3 is 9.84 Å². The summed E-state index contributed by atoms with van der Waals surface area (Å²) in [7, 11) is 1.37. The van der Waals surface area contributed by atoms with Crippen LogP contribution in [-0.2, 0) is 9.53 Å². The van der Waals surface area contributed by atoms with Crippen LogP contribution in [-0.4, -0.2) is 24.8 Å². The van der Waals surface area contributed by atoms with Crippen LogP contribution < -0.4 is 0 Å². The second-order valence-electron chi connectivity index (χ2n) is 2.80. The van der Waals surface area contributed by atoms with E-state index >= 15 is 0 Å². The van der Waals surface area contributed by atoms with Gasteiger partial charge in [0.05, 0.1) is 7.11 Å². The fourth-order valence-corrected chi connectivity index (χ4v) is 0.935. The molecule has 0 saturated carbocycles. The van der Waals surface area contributed by atoms with Gasteiger partial charge in [0.15, 0.2) is 0 Å². The Kier molecular flexibility index (Phi) is 5.37. The van der Waals surface area contributed by atoms with Gasteiger partial charge in [-0.1, -0.05) is 5.57 Å². The fraction of sp³-hybridized carbons (Fsp3) is 0.667. The van der Waals surface area contributed by atoms with Gasteiger partial charge >= 0.3 is 5.97 Å². The van der Waals surface area contributed by atoms with Crippen LogP contribution in [0.5, 0.6) is 0 Å². The van der Waals surface area contributed by atoms with Crippen LogP contribution in [0.3, 0.4) is 0 Å². The normalized spacial score (nSPS) is 9.33. The lowest BCUT2D eigenvalue weighted by Crippen LogP contribution is -2.07. The van der Waals surface area contributed by atoms with Crippen LogP contribution in [0.15, 0.2) is 11.1 Å². The summed E-state index contributed by atoms with van der Waals surface area (Å²) in [6.45, 7) is 3.83. The Bertz CT molecular complexity index is 178. The maximum absolute atomic E-state index is 11.1. The Morgan fingerprint density at radius 3 is 2.33 bits per heavy atom. The summed E-state index contributed by atoms with van der Waals surface area (Å²) < 4.78 is 4.59. The van der Waals surface area contributed by atoms with Crippen molar-refractivity contribution in [2.75, 3.05) is 13.7 Å². The molecule has 0 aromatic heterocycles. The number of carbonyl (C=O) groups excluding carboxylic acids is 1. The highest BCUT2D eigenvalue weighted by Gasteiger charge is 2.09. The highest BCUT2D eigenvalue weighted by Crippen LogP contribution is 2.11. The monoisotopic (exact) mass is 172 g/mol. The molecule has 0 radical (unpaired) electrons. The standard InChI is InChI=1S/C9H16O3/c1-7(2)8(5-4-6-10)9(11)12-3/h10H,4-6H2,1-3H3. The average Bonchev–Trinajstić information content (AvgIpc) is 2.04. The van der Waals surface area contributed by atoms with Crippen molar-refractivity contribution >= 4 is 5.97 Å². The minimum Gasteiger partial charge on any atom is -0.466 e. The maximum Gasteiger partial charge on any atom is 0.333 e. The molecule has 0 aromatic rings. The van der Waals surface area contributed by atoms with Gasteiger partial charge in [-0.2, -0.15) is 0 Å². The molecule has 1 N–H and O–H groups in total. The predicted molar refractivity (Wildman–Crippen MR) is 46.7 cm³/mol. The molecule has 0 rings (SSSR count). The zero-order valence-electron chi connectivity index (χ0n) is 7.89. The molecule has 70 valence electrons. The van der Waals surface area contributed by atoms with E-state index in [4.69, 9.17) is 5.11 Å². The largest absolute Gasteiger partial charge is 0.466 e. The molecule has 0 saturated heterocycles. The third-order valence-corrected chi connectivity index (χ3v) is 1.62. The molecule has 0 spiro atoms. The number of allylic oxidation sites excluding steroid dienone is 1. The van der Waals surface area contributed by atoms with Crippen LogP contribution in [0, 0.1) is 0 Å². The Morgan fingerprint density at radius 2 is 2.00 bits per heavy atom. The van der Waals surface area contributed by atoms with E-state index in [1.165, 1.54) is 7.11 Å². The van der Waals surface area contributed by atoms with Gasteiger partial charge in [0.2, 0.25) is 0 Å². The van der Waals surface area contributed by atoms with Gasteiger partial charge in [0, 0.05) is 12.2 Å². The van der Waals surface area contributed by atoms with Crippen molar-refractivity contribution in [1.29, 1.82) is 0 Å². The Morgan fingerprint density at radius 1 is 1.42 bits per heavy atom. The highest BCUT2D eigenvalue weighted by atomic mass is 16.5. The number of hydrogen-bond donors (Lipinski definition) is 1. The lowest BCUT2D eigenvalue weighted by atomic mass is 10.1. The molecule has 0 heterocycles. The lowest BCUT2D eigenvalue weighted by Gasteiger charge is -2.05. The van der Waals surface area contributed by atoms with Gasteiger partial charge in [-0.25, -0.2) is 4.79 Å². The number of aliphatic hydroxyl groups excluding tert-OH is 1. The minimum absolute atomic E-state index is 0.105. The number of ether oxygens (including phenoxy) is 1. The molecule has 0 fully saturated rings. The van der Waals surface area contributed by atoms with Crippen LogP contribution in [0.4, 0.5) is 0 Å². The van der Waals surface area contributed by atoms with Crippen LogP contribution in [0.25, 0.3) is 0 Å². The topological polar surface area (TPSA) is 46.5 Å². The predicted octanol–water partition coefficient (Wildman–Crippen LogP) is 1.27. The third-order valence-electron chi connectivity index (χ3n) is 1.62. The molecule has 0 aliphatic carbocycles. The molecule has 0 bridgehead atoms. The van der Waals surface area contributed by atoms with Gasteiger partial charge in [0.25, 0.3) is 0 Å². The quantitative estimate of drug-likeness (QED) is 0.513. The molecule has 0 amide bonds. The molecule has 0 aromatic carbocycles. The summed E-state index contributed by atoms with van der Waals surface area (Å²) in [5.74, 6) is -0.288. The van der Waals surface area contributed by atoms with E-state index in [9.17, 15) is 4.79 Å². The second kappa shape index (κ2) is 5.77. The number of esters is 1. The molecule has 0 unspecified atom stereocenters. The van der Waals surface area contributed by atoms with E-state index in [0.717, 1.165) is 5.57 Å². The Labute approximate surface area is 73.0 Å². The SMILES string of the molecule is COC(=O)C(CCCO)=C(C)C. The molecule has 12 heavy (non-hydrogen) atoms. The summed E-state index contributed by atoms with van der Waals surface area (Å²) in [4.78, 5) is 11.1. The molecule has 3 nitrogen and oxygen atoms in total. The number of aliphatic hydroxyl groups is 1. The summed E-state index contributed by atoms with van der Waals surface area (Å²) in [5.41, 5.74) is 1.63. The number of rotatable bonds is 4. The average molecular weight is 172 g/mol. The fourth-order valence-electron chi connectivity index (χ4n) is 0.935. The van der Waals surface area contributed by atoms with Gasteiger partial charge in [-0.15, -0.1) is 0 Å². The first-order valence-electron chi connectivity index (χ1n) is 3.99. The van der Waals surface area contributed by atoms with E-state index in [0.29, 0.717) is 18.4 Å². The van der Waals surface area contributed by atoms with Crippen molar-refractivity contribution in [3.63, 3.8) is 0 Å². The van der Waals surface area contributed by atoms with Crippen LogP contribution in [0.2, 0.25) is 0 Å². The smallest absolute Gasteiger partial charge is 0.333 e. The van der Waals surface area contributed by atoms with E-state index in [-0.39, 0.29) is 12.6 Å². The highest BCUT2D eigenvalue weighted by molar-refractivity contribution is 5.89. The van der Waals surface area contributed by atoms with Crippen molar-refractivity contribution in [3.8, 4) is 0 Å². The third kappa shape index (κ3) is 3.53. The molecular weight excluding hydrogens is 156 g/mol. The summed E-state index contributed by atoms with van der Waals surface area (Å²) in [5, 5.41) is 8.58. The van der Waals surface area contributed by atoms with E-state index in [2.05, 4.69) is 4.74 Å². The Balaban J connectivity index is 4.26. The van der Waals surface area contributed by atoms with Gasteiger partial charge in [-0.3, -0.25) is 0 Å². The van der Waals surface area contributed by atoms with Crippen LogP contribution in [0.1, 0.15) is 26.7 Å². The summed E-state index contributed by atoms with van der Waals surface area (Å²) in [6, 6.07) is 0. The molecule has 0 atom stereocenters. The second-order valence-corrected chi connectivity index (χ2v) is 2.80. The van der Waals surface area contributed by atoms with E-state index in [1.54, 1.807) is 0 Å². The van der Waals surface area contributed by atoms with Crippen molar-refractivity contribution in [1.82, 2.24) is 0 Å². The first-order chi connectivity index (χ1) is 5.63. The molecule has 3 heteroatoms. The van der Waals surface area contributed by atoms with Crippen molar-refractivity contribution in [2.45, 2.75) is 26.7 Å². The van der Waals surface area contributed by atoms with Gasteiger partial charge in [0.1, 0.15) is 0 Å². The number of hydrogen-bond acceptors (Lipinski definition) is 3. The zero-order valence-corrected chi connectivity index (χ0v) is 7.89. The van der Waals surface area contributed by atoms with Gasteiger partial charge in [-0.05, 0) is 26.7 Å². The first kappa shape index (κ1) is 11.2. The molecular formula is C9H16O3. The maximum atomic E-state index is 11.1. The van der Waals surface area contributed by atoms with Crippen molar-refractivity contribution in [3.05, 3.63) is 11.1 Å². The number of methoxy groups -OCH3 is 1. The first-order valence-corrected chi connectivity index (χ1v) is 3.99. The van der Waals surface area contributed by atoms with Crippen molar-refractivity contribution < 1.29 is 14.6 Å². The minimum atomic E-state index is -0.288. The van der Waals surface area contributed by atoms with E-state index < -0.39 is 0 Å². The summed E-state index contributed by atoms with van der Waals surface area (Å²) in [6.07, 6.45) is 1.20. The lowest BCUT2D eigenvalue weighted by molar-refractivity contribution is -0.136.